The summed E-state index contributed by atoms with van der Waals surface area (Å²) in [4.78, 5) is 16.6. The lowest BCUT2D eigenvalue weighted by molar-refractivity contribution is 0.0910. The van der Waals surface area contributed by atoms with E-state index < -0.39 is 0 Å². The number of aromatic nitrogens is 3. The van der Waals surface area contributed by atoms with E-state index in [9.17, 15) is 4.79 Å². The summed E-state index contributed by atoms with van der Waals surface area (Å²) in [6.07, 6.45) is 0. The highest BCUT2D eigenvalue weighted by Crippen LogP contribution is 2.20. The summed E-state index contributed by atoms with van der Waals surface area (Å²) in [5.41, 5.74) is 1.47. The van der Waals surface area contributed by atoms with Crippen molar-refractivity contribution in [1.82, 2.24) is 20.5 Å². The molecule has 0 aliphatic rings. The third kappa shape index (κ3) is 3.68. The van der Waals surface area contributed by atoms with Crippen LogP contribution in [0.25, 0.3) is 11.4 Å². The molecule has 0 fully saturated rings. The molecule has 2 rings (SSSR count). The van der Waals surface area contributed by atoms with Gasteiger partial charge in [-0.25, -0.2) is 4.98 Å². The van der Waals surface area contributed by atoms with Crippen molar-refractivity contribution in [2.24, 2.45) is 5.41 Å². The number of nitrogens with one attached hydrogen (secondary N) is 2. The Bertz CT molecular complexity index is 640. The molecule has 0 saturated heterocycles. The molecule has 1 amide bonds. The number of amides is 1. The predicted molar refractivity (Wildman–Crippen MR) is 82.9 cm³/mol. The molecule has 1 atom stereocenters. The lowest BCUT2D eigenvalue weighted by Gasteiger charge is -2.28. The van der Waals surface area contributed by atoms with Gasteiger partial charge in [0.15, 0.2) is 5.82 Å². The highest BCUT2D eigenvalue weighted by Gasteiger charge is 2.22. The van der Waals surface area contributed by atoms with Gasteiger partial charge in [-0.1, -0.05) is 32.9 Å². The van der Waals surface area contributed by atoms with Gasteiger partial charge < -0.3 is 5.32 Å². The highest BCUT2D eigenvalue weighted by molar-refractivity contribution is 5.95. The number of carbonyl (C=O) groups excluding carboxylic acids is 1. The normalized spacial score (nSPS) is 13.0. The summed E-state index contributed by atoms with van der Waals surface area (Å²) in [5.74, 6) is 1.28. The molecule has 0 bridgehead atoms. The SMILES string of the molecule is Cc1nc(-c2cccc(C(=O)N[C@@H](C)C(C)(C)C)c2)n[nH]1. The molecule has 1 aromatic carbocycles. The number of aryl methyl sites for hydroxylation is 1. The number of rotatable bonds is 3. The molecule has 2 N–H and O–H groups in total. The topological polar surface area (TPSA) is 70.7 Å². The van der Waals surface area contributed by atoms with Gasteiger partial charge in [-0.3, -0.25) is 9.89 Å². The Morgan fingerprint density at radius 2 is 2.05 bits per heavy atom. The molecule has 112 valence electrons. The van der Waals surface area contributed by atoms with E-state index in [0.717, 1.165) is 11.4 Å². The van der Waals surface area contributed by atoms with Gasteiger partial charge >= 0.3 is 0 Å². The third-order valence-corrected chi connectivity index (χ3v) is 3.63. The fourth-order valence-electron chi connectivity index (χ4n) is 1.77. The minimum absolute atomic E-state index is 0.0220. The predicted octanol–water partition coefficient (Wildman–Crippen LogP) is 2.94. The molecule has 1 aromatic heterocycles. The van der Waals surface area contributed by atoms with Gasteiger partial charge in [-0.05, 0) is 31.4 Å². The van der Waals surface area contributed by atoms with Crippen LogP contribution in [0.5, 0.6) is 0 Å². The summed E-state index contributed by atoms with van der Waals surface area (Å²) >= 11 is 0. The average molecular weight is 286 g/mol. The van der Waals surface area contributed by atoms with Crippen molar-refractivity contribution in [3.05, 3.63) is 35.7 Å². The molecule has 21 heavy (non-hydrogen) atoms. The summed E-state index contributed by atoms with van der Waals surface area (Å²) in [6.45, 7) is 10.2. The Hall–Kier alpha value is -2.17. The molecular formula is C16H22N4O. The summed E-state index contributed by atoms with van der Waals surface area (Å²) in [6, 6.07) is 7.44. The van der Waals surface area contributed by atoms with Gasteiger partial charge in [-0.2, -0.15) is 5.10 Å². The molecule has 5 nitrogen and oxygen atoms in total. The number of carbonyl (C=O) groups is 1. The fraction of sp³-hybridized carbons (Fsp3) is 0.438. The molecule has 0 spiro atoms. The van der Waals surface area contributed by atoms with Crippen molar-refractivity contribution in [2.45, 2.75) is 40.7 Å². The van der Waals surface area contributed by atoms with Crippen molar-refractivity contribution < 1.29 is 4.79 Å². The number of benzene rings is 1. The third-order valence-electron chi connectivity index (χ3n) is 3.63. The molecule has 0 unspecified atom stereocenters. The maximum atomic E-state index is 12.3. The van der Waals surface area contributed by atoms with Crippen molar-refractivity contribution in [1.29, 1.82) is 0 Å². The maximum absolute atomic E-state index is 12.3. The van der Waals surface area contributed by atoms with Crippen molar-refractivity contribution in [3.8, 4) is 11.4 Å². The quantitative estimate of drug-likeness (QED) is 0.911. The smallest absolute Gasteiger partial charge is 0.251 e. The summed E-state index contributed by atoms with van der Waals surface area (Å²) in [7, 11) is 0. The van der Waals surface area contributed by atoms with Crippen LogP contribution in [-0.2, 0) is 0 Å². The van der Waals surface area contributed by atoms with Crippen LogP contribution in [0.4, 0.5) is 0 Å². The van der Waals surface area contributed by atoms with Crippen LogP contribution >= 0.6 is 0 Å². The van der Waals surface area contributed by atoms with E-state index >= 15 is 0 Å². The molecule has 0 aliphatic heterocycles. The van der Waals surface area contributed by atoms with Gasteiger partial charge in [0, 0.05) is 17.2 Å². The van der Waals surface area contributed by atoms with Crippen molar-refractivity contribution >= 4 is 5.91 Å². The first-order valence-corrected chi connectivity index (χ1v) is 7.07. The highest BCUT2D eigenvalue weighted by atomic mass is 16.1. The molecule has 0 radical (unpaired) electrons. The largest absolute Gasteiger partial charge is 0.349 e. The zero-order chi connectivity index (χ0) is 15.6. The monoisotopic (exact) mass is 286 g/mol. The summed E-state index contributed by atoms with van der Waals surface area (Å²) in [5, 5.41) is 9.96. The fourth-order valence-corrected chi connectivity index (χ4v) is 1.77. The van der Waals surface area contributed by atoms with Gasteiger partial charge in [0.25, 0.3) is 5.91 Å². The number of hydrogen-bond donors (Lipinski definition) is 2. The van der Waals surface area contributed by atoms with Crippen LogP contribution in [-0.4, -0.2) is 27.1 Å². The van der Waals surface area contributed by atoms with E-state index in [1.807, 2.05) is 32.0 Å². The molecule has 1 heterocycles. The molecule has 0 aliphatic carbocycles. The lowest BCUT2D eigenvalue weighted by atomic mass is 9.88. The Morgan fingerprint density at radius 1 is 1.33 bits per heavy atom. The van der Waals surface area contributed by atoms with Crippen LogP contribution in [0.1, 0.15) is 43.9 Å². The summed E-state index contributed by atoms with van der Waals surface area (Å²) < 4.78 is 0. The zero-order valence-electron chi connectivity index (χ0n) is 13.2. The van der Waals surface area contributed by atoms with Crippen LogP contribution < -0.4 is 5.32 Å². The van der Waals surface area contributed by atoms with Gasteiger partial charge in [0.1, 0.15) is 5.82 Å². The van der Waals surface area contributed by atoms with Crippen molar-refractivity contribution in [3.63, 3.8) is 0 Å². The lowest BCUT2D eigenvalue weighted by Crippen LogP contribution is -2.41. The first kappa shape index (κ1) is 15.2. The van der Waals surface area contributed by atoms with E-state index in [1.165, 1.54) is 0 Å². The van der Waals surface area contributed by atoms with Crippen LogP contribution in [0.2, 0.25) is 0 Å². The van der Waals surface area contributed by atoms with E-state index in [0.29, 0.717) is 11.4 Å². The first-order valence-electron chi connectivity index (χ1n) is 7.07. The second-order valence-corrected chi connectivity index (χ2v) is 6.39. The number of hydrogen-bond acceptors (Lipinski definition) is 3. The van der Waals surface area contributed by atoms with Gasteiger partial charge in [-0.15, -0.1) is 0 Å². The first-order chi connectivity index (χ1) is 9.77. The zero-order valence-corrected chi connectivity index (χ0v) is 13.2. The van der Waals surface area contributed by atoms with Crippen molar-refractivity contribution in [2.75, 3.05) is 0 Å². The standard InChI is InChI=1S/C16H22N4O/c1-10(16(3,4)5)17-15(21)13-8-6-7-12(9-13)14-18-11(2)19-20-14/h6-10H,1-5H3,(H,17,21)(H,18,19,20)/t10-/m0/s1. The maximum Gasteiger partial charge on any atom is 0.251 e. The number of aromatic amines is 1. The number of H-pyrrole nitrogens is 1. The van der Waals surface area contributed by atoms with Gasteiger partial charge in [0.05, 0.1) is 0 Å². The Morgan fingerprint density at radius 3 is 2.62 bits per heavy atom. The van der Waals surface area contributed by atoms with Crippen LogP contribution in [0.3, 0.4) is 0 Å². The minimum atomic E-state index is -0.0773. The Balaban J connectivity index is 2.19. The molecule has 5 heteroatoms. The molecular weight excluding hydrogens is 264 g/mol. The van der Waals surface area contributed by atoms with Gasteiger partial charge in [0.2, 0.25) is 0 Å². The molecule has 0 saturated carbocycles. The Kier molecular flexibility index (Phi) is 4.11. The second kappa shape index (κ2) is 5.68. The van der Waals surface area contributed by atoms with Crippen LogP contribution in [0.15, 0.2) is 24.3 Å². The van der Waals surface area contributed by atoms with E-state index in [2.05, 4.69) is 41.3 Å². The molecule has 2 aromatic rings. The minimum Gasteiger partial charge on any atom is -0.349 e. The van der Waals surface area contributed by atoms with Crippen LogP contribution in [0, 0.1) is 12.3 Å². The average Bonchev–Trinajstić information content (AvgIpc) is 2.84. The Labute approximate surface area is 125 Å². The second-order valence-electron chi connectivity index (χ2n) is 6.39. The van der Waals surface area contributed by atoms with E-state index in [-0.39, 0.29) is 17.4 Å². The van der Waals surface area contributed by atoms with E-state index in [4.69, 9.17) is 0 Å². The number of nitrogens with zero attached hydrogens (tertiary/aromatic N) is 2. The van der Waals surface area contributed by atoms with E-state index in [1.54, 1.807) is 6.07 Å².